The molecular weight excluding hydrogens is 376 g/mol. The molecule has 0 saturated heterocycles. The monoisotopic (exact) mass is 422 g/mol. The average molecular weight is 423 g/mol. The molecular formula is C30H46O. The van der Waals surface area contributed by atoms with E-state index in [9.17, 15) is 0 Å². The maximum absolute atomic E-state index is 6.10. The van der Waals surface area contributed by atoms with Gasteiger partial charge in [-0.3, -0.25) is 0 Å². The van der Waals surface area contributed by atoms with Crippen molar-refractivity contribution in [3.05, 3.63) is 54.1 Å². The van der Waals surface area contributed by atoms with Crippen molar-refractivity contribution in [2.24, 2.45) is 5.92 Å². The molecule has 0 aliphatic heterocycles. The Labute approximate surface area is 192 Å². The largest absolute Gasteiger partial charge is 0.491 e. The van der Waals surface area contributed by atoms with Crippen molar-refractivity contribution < 1.29 is 4.74 Å². The zero-order valence-corrected chi connectivity index (χ0v) is 20.7. The van der Waals surface area contributed by atoms with Crippen LogP contribution in [0.2, 0.25) is 0 Å². The molecule has 0 radical (unpaired) electrons. The molecule has 1 nitrogen and oxygen atoms in total. The molecule has 0 bridgehead atoms. The fourth-order valence-corrected chi connectivity index (χ4v) is 4.12. The van der Waals surface area contributed by atoms with Crippen molar-refractivity contribution in [2.75, 3.05) is 0 Å². The maximum Gasteiger partial charge on any atom is 0.119 e. The third-order valence-corrected chi connectivity index (χ3v) is 6.55. The van der Waals surface area contributed by atoms with Crippen LogP contribution in [-0.4, -0.2) is 6.10 Å². The van der Waals surface area contributed by atoms with Crippen LogP contribution in [0.3, 0.4) is 0 Å². The summed E-state index contributed by atoms with van der Waals surface area (Å²) in [6.07, 6.45) is 16.0. The number of unbranched alkanes of at least 4 members (excludes halogenated alkanes) is 6. The molecule has 0 spiro atoms. The molecule has 0 saturated carbocycles. The summed E-state index contributed by atoms with van der Waals surface area (Å²) >= 11 is 0. The number of aryl methyl sites for hydroxylation is 1. The highest BCUT2D eigenvalue weighted by atomic mass is 16.5. The van der Waals surface area contributed by atoms with Gasteiger partial charge in [0.1, 0.15) is 5.75 Å². The molecule has 2 rings (SSSR count). The minimum atomic E-state index is 0.289. The summed E-state index contributed by atoms with van der Waals surface area (Å²) in [6.45, 7) is 9.11. The van der Waals surface area contributed by atoms with Gasteiger partial charge in [0, 0.05) is 0 Å². The molecule has 2 atom stereocenters. The van der Waals surface area contributed by atoms with Crippen molar-refractivity contribution in [3.63, 3.8) is 0 Å². The zero-order chi connectivity index (χ0) is 22.3. The molecule has 0 N–H and O–H groups in total. The zero-order valence-electron chi connectivity index (χ0n) is 20.7. The van der Waals surface area contributed by atoms with Crippen molar-refractivity contribution in [1.82, 2.24) is 0 Å². The quantitative estimate of drug-likeness (QED) is 0.245. The van der Waals surface area contributed by atoms with Crippen LogP contribution in [0.1, 0.15) is 104 Å². The van der Waals surface area contributed by atoms with Gasteiger partial charge in [0.25, 0.3) is 0 Å². The van der Waals surface area contributed by atoms with E-state index in [0.717, 1.165) is 18.1 Å². The van der Waals surface area contributed by atoms with Gasteiger partial charge >= 0.3 is 0 Å². The van der Waals surface area contributed by atoms with E-state index in [1.807, 2.05) is 0 Å². The van der Waals surface area contributed by atoms with Crippen LogP contribution >= 0.6 is 0 Å². The summed E-state index contributed by atoms with van der Waals surface area (Å²) < 4.78 is 6.10. The van der Waals surface area contributed by atoms with E-state index in [2.05, 4.69) is 76.2 Å². The van der Waals surface area contributed by atoms with Crippen molar-refractivity contribution >= 4 is 0 Å². The maximum atomic E-state index is 6.10. The summed E-state index contributed by atoms with van der Waals surface area (Å²) in [5.41, 5.74) is 4.01. The fourth-order valence-electron chi connectivity index (χ4n) is 4.12. The van der Waals surface area contributed by atoms with E-state index < -0.39 is 0 Å². The second-order valence-electron chi connectivity index (χ2n) is 9.47. The summed E-state index contributed by atoms with van der Waals surface area (Å²) in [4.78, 5) is 0. The standard InChI is InChI=1S/C30H46O/c1-5-7-8-12-15-26(4)31-30-23-21-29(22-24-30)28-19-17-27(18-20-28)16-13-10-9-11-14-25(3)6-2/h17-26H,5-16H2,1-4H3/t25-,26+/m0/s1. The van der Waals surface area contributed by atoms with Gasteiger partial charge in [-0.25, -0.2) is 0 Å². The van der Waals surface area contributed by atoms with Crippen LogP contribution in [0, 0.1) is 5.92 Å². The van der Waals surface area contributed by atoms with E-state index in [-0.39, 0.29) is 6.10 Å². The Morgan fingerprint density at radius 2 is 1.23 bits per heavy atom. The number of hydrogen-bond acceptors (Lipinski definition) is 1. The Hall–Kier alpha value is -1.76. The summed E-state index contributed by atoms with van der Waals surface area (Å²) in [6, 6.07) is 17.7. The molecule has 1 heteroatoms. The van der Waals surface area contributed by atoms with E-state index in [1.54, 1.807) is 0 Å². The van der Waals surface area contributed by atoms with Crippen LogP contribution in [0.4, 0.5) is 0 Å². The average Bonchev–Trinajstić information content (AvgIpc) is 2.80. The van der Waals surface area contributed by atoms with Crippen molar-refractivity contribution in [1.29, 1.82) is 0 Å². The first-order chi connectivity index (χ1) is 15.1. The van der Waals surface area contributed by atoms with Crippen LogP contribution in [0.25, 0.3) is 11.1 Å². The van der Waals surface area contributed by atoms with Crippen molar-refractivity contribution in [3.8, 4) is 16.9 Å². The topological polar surface area (TPSA) is 9.23 Å². The first-order valence-electron chi connectivity index (χ1n) is 13.0. The molecule has 172 valence electrons. The number of benzene rings is 2. The predicted molar refractivity (Wildman–Crippen MR) is 137 cm³/mol. The lowest BCUT2D eigenvalue weighted by molar-refractivity contribution is 0.206. The Bertz CT molecular complexity index is 685. The summed E-state index contributed by atoms with van der Waals surface area (Å²) in [7, 11) is 0. The molecule has 0 heterocycles. The molecule has 0 aliphatic rings. The normalized spacial score (nSPS) is 13.2. The van der Waals surface area contributed by atoms with Crippen LogP contribution < -0.4 is 4.74 Å². The summed E-state index contributed by atoms with van der Waals surface area (Å²) in [5, 5.41) is 0. The van der Waals surface area contributed by atoms with E-state index in [4.69, 9.17) is 4.74 Å². The van der Waals surface area contributed by atoms with Gasteiger partial charge in [-0.1, -0.05) is 109 Å². The lowest BCUT2D eigenvalue weighted by atomic mass is 9.98. The van der Waals surface area contributed by atoms with E-state index in [0.29, 0.717) is 0 Å². The Morgan fingerprint density at radius 1 is 0.645 bits per heavy atom. The van der Waals surface area contributed by atoms with Gasteiger partial charge in [0.15, 0.2) is 0 Å². The highest BCUT2D eigenvalue weighted by molar-refractivity contribution is 5.64. The van der Waals surface area contributed by atoms with Gasteiger partial charge in [-0.2, -0.15) is 0 Å². The molecule has 0 amide bonds. The predicted octanol–water partition coefficient (Wildman–Crippen LogP) is 9.63. The Balaban J connectivity index is 1.72. The number of rotatable bonds is 16. The molecule has 2 aromatic rings. The SMILES string of the molecule is CCCCCC[C@@H](C)Oc1ccc(-c2ccc(CCCCCC[C@@H](C)CC)cc2)cc1. The fraction of sp³-hybridized carbons (Fsp3) is 0.600. The minimum Gasteiger partial charge on any atom is -0.491 e. The first-order valence-corrected chi connectivity index (χ1v) is 13.0. The molecule has 0 unspecified atom stereocenters. The second kappa shape index (κ2) is 15.1. The molecule has 2 aromatic carbocycles. The van der Waals surface area contributed by atoms with Gasteiger partial charge < -0.3 is 4.74 Å². The van der Waals surface area contributed by atoms with Crippen LogP contribution in [0.15, 0.2) is 48.5 Å². The number of ether oxygens (including phenoxy) is 1. The summed E-state index contributed by atoms with van der Waals surface area (Å²) in [5.74, 6) is 1.88. The number of hydrogen-bond donors (Lipinski definition) is 0. The first kappa shape index (κ1) is 25.5. The lowest BCUT2D eigenvalue weighted by Gasteiger charge is -2.15. The third kappa shape index (κ3) is 10.4. The van der Waals surface area contributed by atoms with Gasteiger partial charge in [-0.05, 0) is 67.3 Å². The Kier molecular flexibility index (Phi) is 12.4. The second-order valence-corrected chi connectivity index (χ2v) is 9.47. The Morgan fingerprint density at radius 3 is 1.87 bits per heavy atom. The van der Waals surface area contributed by atoms with Crippen LogP contribution in [0.5, 0.6) is 5.75 Å². The van der Waals surface area contributed by atoms with Gasteiger partial charge in [0.2, 0.25) is 0 Å². The van der Waals surface area contributed by atoms with E-state index in [1.165, 1.54) is 87.3 Å². The lowest BCUT2D eigenvalue weighted by Crippen LogP contribution is -2.11. The molecule has 0 aliphatic carbocycles. The smallest absolute Gasteiger partial charge is 0.119 e. The highest BCUT2D eigenvalue weighted by Crippen LogP contribution is 2.24. The molecule has 31 heavy (non-hydrogen) atoms. The third-order valence-electron chi connectivity index (χ3n) is 6.55. The van der Waals surface area contributed by atoms with Gasteiger partial charge in [-0.15, -0.1) is 0 Å². The van der Waals surface area contributed by atoms with Gasteiger partial charge in [0.05, 0.1) is 6.10 Å². The highest BCUT2D eigenvalue weighted by Gasteiger charge is 2.05. The van der Waals surface area contributed by atoms with E-state index >= 15 is 0 Å². The van der Waals surface area contributed by atoms with Crippen LogP contribution in [-0.2, 0) is 6.42 Å². The molecule has 0 aromatic heterocycles. The minimum absolute atomic E-state index is 0.289. The molecule has 0 fully saturated rings. The van der Waals surface area contributed by atoms with Crippen molar-refractivity contribution in [2.45, 2.75) is 111 Å².